The van der Waals surface area contributed by atoms with E-state index in [4.69, 9.17) is 46.6 Å². The van der Waals surface area contributed by atoms with Crippen LogP contribution in [0.4, 0.5) is 58.4 Å². The summed E-state index contributed by atoms with van der Waals surface area (Å²) < 4.78 is 157. The third-order valence-corrected chi connectivity index (χ3v) is 27.9. The zero-order valence-corrected chi connectivity index (χ0v) is 80.7. The number of hydrogen-bond acceptors (Lipinski definition) is 32. The number of aromatic nitrogens is 24. The summed E-state index contributed by atoms with van der Waals surface area (Å²) in [6.07, 6.45) is 26.0. The predicted molar refractivity (Wildman–Crippen MR) is 528 cm³/mol. The maximum atomic E-state index is 15.3. The van der Waals surface area contributed by atoms with E-state index in [2.05, 4.69) is 134 Å². The maximum Gasteiger partial charge on any atom is 0.202 e. The van der Waals surface area contributed by atoms with Crippen molar-refractivity contribution >= 4 is 34.6 Å². The number of rotatable bonds is 27. The second kappa shape index (κ2) is 45.4. The summed E-state index contributed by atoms with van der Waals surface area (Å²) in [6, 6.07) is 32.9. The highest BCUT2D eigenvalue weighted by molar-refractivity contribution is 7.13. The standard InChI is InChI=1S/C26H29F2N9O2.C26H31F2N9O.C26H25F2N7O.C22H21F2N7OS/c27-23-21(1-2-22(24(23)28)39-15-16-3-7-30-8-4-16)37-26(33-34-35-37)20-11-17(12-31-25(20)29)18-13-32-36(14-18)19-5-9-38-10-6-19;1-16(2)7-10-36-14-19(13-32-36)18-11-20(25(29)31-12-18)26-33-34-35-37(26)21-3-4-22(24(28)23(21)27)38-15-17-5-8-30-9-6-17;1-34-17-7-8-18(34)13-19(12-17)36-22-10-9-21(23(27)24(22)28)35-26(31-32-33-35)20-11-16(14-30-25(20)29)15-5-3-2-4-6-15;23-19-16(3-4-17(20(19)24)32-12-13-5-7-26-8-6-13)31-22(28-29-30-31)15-10-14(11-27-21(15)25)18-2-1-9-33-18/h1-2,11-14,16,19,30H,3-10,15H2,(H2,29,31);3-4,11-14,16-17,30H,5-10,15H2,1-2H3,(H2,29,31);2-6,9-11,14,17-19H,7-8,12-13H2,1H3,(H2,29,30);1-4,9-11,13,26H,5-8,12H2,(H2,25,27). The second-order valence-electron chi connectivity index (χ2n) is 37.0. The average molecular weight is 2020 g/mol. The van der Waals surface area contributed by atoms with Crippen molar-refractivity contribution < 1.29 is 58.8 Å². The van der Waals surface area contributed by atoms with Gasteiger partial charge in [-0.2, -0.15) is 46.5 Å². The first-order chi connectivity index (χ1) is 71.1. The molecule has 2 unspecified atom stereocenters. The molecular weight excluding hydrogens is 1910 g/mol. The smallest absolute Gasteiger partial charge is 0.202 e. The fourth-order valence-corrected chi connectivity index (χ4v) is 19.3. The first-order valence-corrected chi connectivity index (χ1v) is 49.2. The number of aryl methyl sites for hydroxylation is 1. The van der Waals surface area contributed by atoms with Crippen LogP contribution in [0, 0.1) is 70.2 Å². The third kappa shape index (κ3) is 22.3. The monoisotopic (exact) mass is 2020 g/mol. The van der Waals surface area contributed by atoms with E-state index in [0.717, 1.165) is 192 Å². The van der Waals surface area contributed by atoms with Crippen LogP contribution in [0.25, 0.3) is 112 Å². The van der Waals surface area contributed by atoms with Crippen LogP contribution in [-0.4, -0.2) is 223 Å². The van der Waals surface area contributed by atoms with E-state index in [1.54, 1.807) is 72.8 Å². The number of halogens is 8. The number of nitrogen functional groups attached to an aromatic ring is 4. The molecule has 11 aromatic heterocycles. The van der Waals surface area contributed by atoms with Gasteiger partial charge >= 0.3 is 0 Å². The summed E-state index contributed by atoms with van der Waals surface area (Å²) in [7, 11) is 2.12. The first kappa shape index (κ1) is 99.5. The van der Waals surface area contributed by atoms with Gasteiger partial charge in [0, 0.05) is 107 Å². The van der Waals surface area contributed by atoms with E-state index in [9.17, 15) is 8.78 Å². The van der Waals surface area contributed by atoms with Crippen LogP contribution < -0.4 is 57.8 Å². The highest BCUT2D eigenvalue weighted by Gasteiger charge is 2.41. The molecule has 46 heteroatoms. The lowest BCUT2D eigenvalue weighted by Gasteiger charge is -2.36. The molecule has 0 amide bonds. The molecule has 11 N–H and O–H groups in total. The number of hydrogen-bond donors (Lipinski definition) is 7. The number of piperidine rings is 4. The Morgan fingerprint density at radius 1 is 0.397 bits per heavy atom. The van der Waals surface area contributed by atoms with Gasteiger partial charge in [-0.05, 0) is 285 Å². The molecule has 16 aromatic rings. The normalized spacial score (nSPS) is 16.9. The van der Waals surface area contributed by atoms with Crippen LogP contribution in [0.1, 0.15) is 103 Å². The molecule has 0 radical (unpaired) electrons. The van der Waals surface area contributed by atoms with Gasteiger partial charge < -0.3 is 67.5 Å². The summed E-state index contributed by atoms with van der Waals surface area (Å²) >= 11 is 1.54. The molecule has 2 atom stereocenters. The molecule has 22 rings (SSSR count). The van der Waals surface area contributed by atoms with Gasteiger partial charge in [-0.15, -0.1) is 31.7 Å². The summed E-state index contributed by atoms with van der Waals surface area (Å²) in [6.45, 7) is 12.9. The molecule has 2 bridgehead atoms. The van der Waals surface area contributed by atoms with E-state index >= 15 is 26.3 Å². The van der Waals surface area contributed by atoms with Gasteiger partial charge in [0.05, 0.1) is 60.5 Å². The zero-order chi connectivity index (χ0) is 101. The predicted octanol–water partition coefficient (Wildman–Crippen LogP) is 15.0. The van der Waals surface area contributed by atoms with Crippen LogP contribution in [0.5, 0.6) is 23.0 Å². The van der Waals surface area contributed by atoms with E-state index < -0.39 is 46.5 Å². The number of nitrogens with two attached hydrogens (primary N) is 4. The van der Waals surface area contributed by atoms with Gasteiger partial charge in [-0.3, -0.25) is 9.36 Å². The SMILES string of the molecule is CC(C)CCn1cc(-c2cnc(N)c(-c3nnnn3-c3ccc(OCC4CCNCC4)c(F)c3F)c2)cn1.CN1C2CCC1CC(Oc1ccc(-n3nnnc3-c3cc(-c4ccccc4)cnc3N)c(F)c1F)C2.Nc1ncc(-c2cccs2)cc1-c1nnnn1-c1ccc(OCC2CCNCC2)c(F)c1F.Nc1ncc(-c2cnn(C3CCOCC3)c2)cc1-c1nnnn1-c1ccc(OCC2CCNCC2)c(F)c1F. The molecule has 6 fully saturated rings. The lowest BCUT2D eigenvalue weighted by Crippen LogP contribution is -2.43. The Hall–Kier alpha value is -15.3. The number of fused-ring (bicyclic) bond motifs is 2. The zero-order valence-electron chi connectivity index (χ0n) is 79.9. The molecule has 5 aromatic carbocycles. The Balaban J connectivity index is 0.000000123. The largest absolute Gasteiger partial charge is 0.490 e. The molecule has 37 nitrogen and oxygen atoms in total. The second-order valence-corrected chi connectivity index (χ2v) is 37.9. The third-order valence-electron chi connectivity index (χ3n) is 27.0. The van der Waals surface area contributed by atoms with Crippen molar-refractivity contribution in [2.24, 2.45) is 23.7 Å². The fourth-order valence-electron chi connectivity index (χ4n) is 18.6. The molecule has 6 aliphatic rings. The highest BCUT2D eigenvalue weighted by Crippen LogP contribution is 2.42. The number of nitrogens with zero attached hydrogens (tertiary/aromatic N) is 25. The Morgan fingerprint density at radius 3 is 1.18 bits per heavy atom. The van der Waals surface area contributed by atoms with Crippen molar-refractivity contribution in [3.05, 3.63) is 217 Å². The van der Waals surface area contributed by atoms with Crippen molar-refractivity contribution in [3.63, 3.8) is 0 Å². The van der Waals surface area contributed by atoms with Crippen molar-refractivity contribution in [2.75, 3.05) is 102 Å². The summed E-state index contributed by atoms with van der Waals surface area (Å²) in [5.41, 5.74) is 31.2. The van der Waals surface area contributed by atoms with Gasteiger partial charge in [0.25, 0.3) is 0 Å². The van der Waals surface area contributed by atoms with Crippen molar-refractivity contribution in [2.45, 2.75) is 128 Å². The Labute approximate surface area is 836 Å². The lowest BCUT2D eigenvalue weighted by atomic mass is 9.99. The van der Waals surface area contributed by atoms with Crippen molar-refractivity contribution in [3.8, 4) is 135 Å². The van der Waals surface area contributed by atoms with E-state index in [1.807, 2.05) is 69.6 Å². The number of ether oxygens (including phenoxy) is 5. The minimum absolute atomic E-state index is 0.105. The molecular formula is C100H106F8N32O5S. The number of benzene rings is 5. The summed E-state index contributed by atoms with van der Waals surface area (Å²) in [4.78, 5) is 20.4. The number of tetrazole rings is 4. The van der Waals surface area contributed by atoms with Crippen LogP contribution in [0.2, 0.25) is 0 Å². The Kier molecular flexibility index (Phi) is 30.9. The highest BCUT2D eigenvalue weighted by atomic mass is 32.1. The van der Waals surface area contributed by atoms with Crippen LogP contribution in [0.3, 0.4) is 0 Å². The topological polar surface area (TPSA) is 451 Å². The van der Waals surface area contributed by atoms with Gasteiger partial charge in [-0.25, -0.2) is 37.5 Å². The quantitative estimate of drug-likeness (QED) is 0.0235. The number of anilines is 4. The van der Waals surface area contributed by atoms with E-state index in [0.29, 0.717) is 91.0 Å². The molecule has 758 valence electrons. The summed E-state index contributed by atoms with van der Waals surface area (Å²) in [5, 5.41) is 67.1. The minimum Gasteiger partial charge on any atom is -0.490 e. The summed E-state index contributed by atoms with van der Waals surface area (Å²) in [5.74, 6) is -6.62. The molecule has 0 saturated carbocycles. The van der Waals surface area contributed by atoms with E-state index in [-0.39, 0.29) is 104 Å². The van der Waals surface area contributed by atoms with Crippen molar-refractivity contribution in [1.82, 2.24) is 141 Å². The van der Waals surface area contributed by atoms with Crippen LogP contribution in [-0.2, 0) is 11.3 Å². The van der Waals surface area contributed by atoms with Gasteiger partial charge in [0.15, 0.2) is 69.6 Å². The molecule has 146 heavy (non-hydrogen) atoms. The maximum absolute atomic E-state index is 15.3. The lowest BCUT2D eigenvalue weighted by molar-refractivity contribution is 0.0631. The molecule has 0 aliphatic carbocycles. The Bertz CT molecular complexity index is 7170. The molecule has 17 heterocycles. The average Bonchev–Trinajstić information content (AvgIpc) is 1.54. The Morgan fingerprint density at radius 2 is 0.774 bits per heavy atom. The number of nitrogens with one attached hydrogen (secondary N) is 3. The first-order valence-electron chi connectivity index (χ1n) is 48.3. The molecule has 0 spiro atoms. The molecule has 6 saturated heterocycles. The molecule has 6 aliphatic heterocycles. The van der Waals surface area contributed by atoms with E-state index in [1.165, 1.54) is 48.5 Å². The van der Waals surface area contributed by atoms with Gasteiger partial charge in [0.2, 0.25) is 23.3 Å². The van der Waals surface area contributed by atoms with Crippen molar-refractivity contribution in [1.29, 1.82) is 0 Å². The van der Waals surface area contributed by atoms with Gasteiger partial charge in [0.1, 0.15) is 52.1 Å². The van der Waals surface area contributed by atoms with Gasteiger partial charge in [-0.1, -0.05) is 50.2 Å². The minimum atomic E-state index is -1.12. The fraction of sp³-hybridized carbons (Fsp3) is 0.360. The number of pyridine rings is 4. The van der Waals surface area contributed by atoms with Crippen LogP contribution in [0.15, 0.2) is 170 Å². The number of thiophene rings is 1. The van der Waals surface area contributed by atoms with Crippen LogP contribution >= 0.6 is 11.3 Å².